The van der Waals surface area contributed by atoms with E-state index in [1.54, 1.807) is 0 Å². The van der Waals surface area contributed by atoms with E-state index in [1.165, 1.54) is 0 Å². The number of hydrogen-bond donors (Lipinski definition) is 2. The van der Waals surface area contributed by atoms with Crippen LogP contribution in [0.15, 0.2) is 0 Å². The average molecular weight is 223 g/mol. The number of hydrogen-bond acceptors (Lipinski definition) is 4. The second kappa shape index (κ2) is 5.06. The van der Waals surface area contributed by atoms with Crippen LogP contribution in [-0.4, -0.2) is 25.1 Å². The highest BCUT2D eigenvalue weighted by Gasteiger charge is 2.24. The summed E-state index contributed by atoms with van der Waals surface area (Å²) in [4.78, 5) is 0. The van der Waals surface area contributed by atoms with Crippen molar-refractivity contribution in [1.82, 2.24) is 0 Å². The molecule has 1 rings (SSSR count). The van der Waals surface area contributed by atoms with Crippen LogP contribution in [0.5, 0.6) is 0 Å². The molecule has 1 fully saturated rings. The van der Waals surface area contributed by atoms with E-state index in [0.29, 0.717) is 6.42 Å². The van der Waals surface area contributed by atoms with Crippen molar-refractivity contribution in [2.45, 2.75) is 50.7 Å². The molecule has 14 heavy (non-hydrogen) atoms. The molecule has 1 aliphatic carbocycles. The Bertz CT molecular complexity index is 265. The Morgan fingerprint density at radius 2 is 1.71 bits per heavy atom. The van der Waals surface area contributed by atoms with Gasteiger partial charge in [0.25, 0.3) is 0 Å². The summed E-state index contributed by atoms with van der Waals surface area (Å²) in [6.45, 7) is 0. The molecule has 0 saturated heterocycles. The first kappa shape index (κ1) is 11.9. The Kier molecular flexibility index (Phi) is 4.31. The second-order valence-corrected chi connectivity index (χ2v) is 4.77. The Labute approximate surface area is 84.6 Å². The molecule has 84 valence electrons. The molecule has 5 nitrogen and oxygen atoms in total. The maximum atomic E-state index is 10.5. The molecule has 0 aromatic carbocycles. The van der Waals surface area contributed by atoms with Gasteiger partial charge < -0.3 is 5.73 Å². The molecular weight excluding hydrogens is 206 g/mol. The van der Waals surface area contributed by atoms with Gasteiger partial charge in [0.05, 0.1) is 6.10 Å². The van der Waals surface area contributed by atoms with Crippen LogP contribution in [0.4, 0.5) is 0 Å². The van der Waals surface area contributed by atoms with Gasteiger partial charge in [-0.15, -0.1) is 0 Å². The SMILES string of the molecule is N[C@@H]1CCCCCC[C@H]1OS(=O)(=O)O. The minimum Gasteiger partial charge on any atom is -0.325 e. The van der Waals surface area contributed by atoms with Crippen molar-refractivity contribution in [3.8, 4) is 0 Å². The topological polar surface area (TPSA) is 89.6 Å². The zero-order valence-electron chi connectivity index (χ0n) is 8.05. The molecule has 0 aliphatic heterocycles. The highest BCUT2D eigenvalue weighted by Crippen LogP contribution is 2.19. The molecule has 6 heteroatoms. The highest BCUT2D eigenvalue weighted by atomic mass is 32.3. The summed E-state index contributed by atoms with van der Waals surface area (Å²) in [5.41, 5.74) is 5.76. The normalized spacial score (nSPS) is 30.7. The lowest BCUT2D eigenvalue weighted by Gasteiger charge is -2.24. The van der Waals surface area contributed by atoms with Gasteiger partial charge in [-0.05, 0) is 12.8 Å². The van der Waals surface area contributed by atoms with Crippen LogP contribution in [0.3, 0.4) is 0 Å². The van der Waals surface area contributed by atoms with E-state index in [-0.39, 0.29) is 6.04 Å². The predicted octanol–water partition coefficient (Wildman–Crippen LogP) is 0.856. The third-order valence-electron chi connectivity index (χ3n) is 2.50. The van der Waals surface area contributed by atoms with Crippen molar-refractivity contribution in [3.05, 3.63) is 0 Å². The minimum absolute atomic E-state index is 0.294. The Morgan fingerprint density at radius 3 is 2.29 bits per heavy atom. The minimum atomic E-state index is -4.36. The smallest absolute Gasteiger partial charge is 0.325 e. The first-order valence-corrected chi connectivity index (χ1v) is 6.27. The fourth-order valence-corrected chi connectivity index (χ4v) is 2.31. The van der Waals surface area contributed by atoms with Crippen molar-refractivity contribution in [2.24, 2.45) is 5.73 Å². The van der Waals surface area contributed by atoms with Crippen molar-refractivity contribution in [2.75, 3.05) is 0 Å². The summed E-state index contributed by atoms with van der Waals surface area (Å²) >= 11 is 0. The van der Waals surface area contributed by atoms with Crippen LogP contribution in [0.25, 0.3) is 0 Å². The third kappa shape index (κ3) is 4.36. The molecule has 0 amide bonds. The van der Waals surface area contributed by atoms with E-state index in [1.807, 2.05) is 0 Å². The average Bonchev–Trinajstić information content (AvgIpc) is 2.03. The molecule has 1 saturated carbocycles. The number of rotatable bonds is 2. The van der Waals surface area contributed by atoms with Crippen molar-refractivity contribution in [1.29, 1.82) is 0 Å². The van der Waals surface area contributed by atoms with Crippen LogP contribution in [0.2, 0.25) is 0 Å². The predicted molar refractivity (Wildman–Crippen MR) is 52.1 cm³/mol. The standard InChI is InChI=1S/C8H17NO4S/c9-7-5-3-1-2-4-6-8(7)13-14(10,11)12/h7-8H,1-6,9H2,(H,10,11,12)/t7-,8-/m1/s1. The maximum Gasteiger partial charge on any atom is 0.397 e. The Balaban J connectivity index is 2.54. The summed E-state index contributed by atoms with van der Waals surface area (Å²) in [6, 6.07) is -0.294. The monoisotopic (exact) mass is 223 g/mol. The van der Waals surface area contributed by atoms with Gasteiger partial charge in [0.2, 0.25) is 0 Å². The van der Waals surface area contributed by atoms with E-state index < -0.39 is 16.5 Å². The van der Waals surface area contributed by atoms with Crippen LogP contribution in [-0.2, 0) is 14.6 Å². The molecule has 0 aromatic rings. The van der Waals surface area contributed by atoms with Gasteiger partial charge in [0, 0.05) is 6.04 Å². The summed E-state index contributed by atoms with van der Waals surface area (Å²) in [6.07, 6.45) is 4.87. The summed E-state index contributed by atoms with van der Waals surface area (Å²) in [5.74, 6) is 0. The lowest BCUT2D eigenvalue weighted by molar-refractivity contribution is 0.133. The van der Waals surface area contributed by atoms with E-state index in [9.17, 15) is 8.42 Å². The number of nitrogens with two attached hydrogens (primary N) is 1. The van der Waals surface area contributed by atoms with Crippen molar-refractivity contribution in [3.63, 3.8) is 0 Å². The van der Waals surface area contributed by atoms with Gasteiger partial charge in [-0.3, -0.25) is 4.55 Å². The van der Waals surface area contributed by atoms with Gasteiger partial charge in [0.15, 0.2) is 0 Å². The second-order valence-electron chi connectivity index (χ2n) is 3.72. The molecule has 0 bridgehead atoms. The molecule has 0 heterocycles. The molecule has 0 aromatic heterocycles. The Morgan fingerprint density at radius 1 is 1.14 bits per heavy atom. The van der Waals surface area contributed by atoms with Crippen LogP contribution >= 0.6 is 0 Å². The molecular formula is C8H17NO4S. The lowest BCUT2D eigenvalue weighted by Crippen LogP contribution is -2.38. The first-order chi connectivity index (χ1) is 6.49. The molecule has 0 radical (unpaired) electrons. The van der Waals surface area contributed by atoms with Crippen molar-refractivity contribution < 1.29 is 17.2 Å². The molecule has 2 atom stereocenters. The van der Waals surface area contributed by atoms with Crippen LogP contribution in [0, 0.1) is 0 Å². The quantitative estimate of drug-likeness (QED) is 0.677. The van der Waals surface area contributed by atoms with Crippen LogP contribution in [0.1, 0.15) is 38.5 Å². The fourth-order valence-electron chi connectivity index (χ4n) is 1.75. The summed E-state index contributed by atoms with van der Waals surface area (Å²) in [7, 11) is -4.36. The molecule has 0 unspecified atom stereocenters. The van der Waals surface area contributed by atoms with Gasteiger partial charge in [-0.1, -0.05) is 25.7 Å². The van der Waals surface area contributed by atoms with E-state index >= 15 is 0 Å². The largest absolute Gasteiger partial charge is 0.397 e. The van der Waals surface area contributed by atoms with Gasteiger partial charge >= 0.3 is 10.4 Å². The first-order valence-electron chi connectivity index (χ1n) is 4.90. The van der Waals surface area contributed by atoms with Gasteiger partial charge in [-0.25, -0.2) is 4.18 Å². The molecule has 1 aliphatic rings. The van der Waals surface area contributed by atoms with E-state index in [2.05, 4.69) is 4.18 Å². The molecule has 0 spiro atoms. The van der Waals surface area contributed by atoms with Gasteiger partial charge in [0.1, 0.15) is 0 Å². The summed E-state index contributed by atoms with van der Waals surface area (Å²) < 4.78 is 34.1. The molecule has 3 N–H and O–H groups in total. The van der Waals surface area contributed by atoms with Gasteiger partial charge in [-0.2, -0.15) is 8.42 Å². The fraction of sp³-hybridized carbons (Fsp3) is 1.00. The third-order valence-corrected chi connectivity index (χ3v) is 2.99. The lowest BCUT2D eigenvalue weighted by atomic mass is 9.95. The van der Waals surface area contributed by atoms with E-state index in [4.69, 9.17) is 10.3 Å². The van der Waals surface area contributed by atoms with Crippen molar-refractivity contribution >= 4 is 10.4 Å². The maximum absolute atomic E-state index is 10.5. The Hall–Kier alpha value is -0.170. The zero-order chi connectivity index (χ0) is 10.6. The zero-order valence-corrected chi connectivity index (χ0v) is 8.87. The van der Waals surface area contributed by atoms with E-state index in [0.717, 1.165) is 32.1 Å². The summed E-state index contributed by atoms with van der Waals surface area (Å²) in [5, 5.41) is 0. The highest BCUT2D eigenvalue weighted by molar-refractivity contribution is 7.80. The van der Waals surface area contributed by atoms with Crippen LogP contribution < -0.4 is 5.73 Å².